The zero-order valence-corrected chi connectivity index (χ0v) is 20.1. The van der Waals surface area contributed by atoms with Crippen molar-refractivity contribution >= 4 is 47.8 Å². The number of esters is 1. The van der Waals surface area contributed by atoms with E-state index in [0.717, 1.165) is 6.42 Å². The summed E-state index contributed by atoms with van der Waals surface area (Å²) < 4.78 is 21.9. The van der Waals surface area contributed by atoms with Gasteiger partial charge in [-0.3, -0.25) is 4.79 Å². The lowest BCUT2D eigenvalue weighted by atomic mass is 10.1. The molecular weight excluding hydrogens is 492 g/mol. The zero-order chi connectivity index (χ0) is 21.3. The van der Waals surface area contributed by atoms with Gasteiger partial charge < -0.3 is 14.1 Å². The van der Waals surface area contributed by atoms with Crippen molar-refractivity contribution in [1.29, 1.82) is 0 Å². The Bertz CT molecular complexity index is 950. The van der Waals surface area contributed by atoms with Gasteiger partial charge >= 0.3 is 5.97 Å². The van der Waals surface area contributed by atoms with Crippen LogP contribution in [-0.4, -0.2) is 30.3 Å². The van der Waals surface area contributed by atoms with E-state index in [9.17, 15) is 18.8 Å². The van der Waals surface area contributed by atoms with Crippen LogP contribution in [-0.2, 0) is 11.3 Å². The van der Waals surface area contributed by atoms with E-state index in [1.165, 1.54) is 12.3 Å². The molecule has 154 valence electrons. The Morgan fingerprint density at radius 3 is 2.57 bits per heavy atom. The van der Waals surface area contributed by atoms with Gasteiger partial charge in [0.05, 0.1) is 17.5 Å². The van der Waals surface area contributed by atoms with Gasteiger partial charge in [-0.25, -0.2) is 9.18 Å². The first-order chi connectivity index (χ1) is 12.9. The number of halogens is 2. The molecule has 0 aliphatic heterocycles. The highest BCUT2D eigenvalue weighted by molar-refractivity contribution is 14.1. The molecule has 0 aliphatic carbocycles. The van der Waals surface area contributed by atoms with Crippen LogP contribution in [0.5, 0.6) is 0 Å². The van der Waals surface area contributed by atoms with Crippen molar-refractivity contribution < 1.29 is 18.7 Å². The van der Waals surface area contributed by atoms with E-state index in [1.807, 2.05) is 49.5 Å². The zero-order valence-electron chi connectivity index (χ0n) is 16.9. The van der Waals surface area contributed by atoms with Gasteiger partial charge in [0.25, 0.3) is 0 Å². The van der Waals surface area contributed by atoms with Crippen LogP contribution in [0.15, 0.2) is 23.1 Å². The summed E-state index contributed by atoms with van der Waals surface area (Å²) in [5.41, 5.74) is -0.421. The van der Waals surface area contributed by atoms with E-state index in [-0.39, 0.29) is 28.1 Å². The fraction of sp³-hybridized carbons (Fsp3) is 0.500. The second-order valence-electron chi connectivity index (χ2n) is 8.12. The molecule has 0 unspecified atom stereocenters. The molecule has 8 heteroatoms. The van der Waals surface area contributed by atoms with Gasteiger partial charge in [0.1, 0.15) is 11.4 Å². The highest BCUT2D eigenvalue weighted by Gasteiger charge is 2.37. The summed E-state index contributed by atoms with van der Waals surface area (Å²) in [5.74, 6) is -1.20. The molecule has 0 amide bonds. The van der Waals surface area contributed by atoms with Crippen molar-refractivity contribution in [1.82, 2.24) is 4.57 Å². The number of ether oxygens (including phenoxy) is 1. The minimum absolute atomic E-state index is 0.0909. The standard InChI is InChI=1S/C20H27FINO4Si/c1-6-27-19(25)15-12-23(9-7-8-20(2,3)28(4,5)26)17-14(18(15)24)10-13(22)11-16(17)21/h10-12,26H,6-9H2,1-5H3. The molecular formula is C20H27FINO4Si. The third kappa shape index (κ3) is 4.83. The molecule has 1 aromatic heterocycles. The van der Waals surface area contributed by atoms with Crippen LogP contribution in [0, 0.1) is 9.39 Å². The van der Waals surface area contributed by atoms with Crippen LogP contribution in [0.1, 0.15) is 44.0 Å². The predicted molar refractivity (Wildman–Crippen MR) is 120 cm³/mol. The van der Waals surface area contributed by atoms with Crippen LogP contribution >= 0.6 is 22.6 Å². The van der Waals surface area contributed by atoms with Gasteiger partial charge in [-0.15, -0.1) is 0 Å². The summed E-state index contributed by atoms with van der Waals surface area (Å²) >= 11 is 1.95. The minimum atomic E-state index is -2.35. The molecule has 1 heterocycles. The van der Waals surface area contributed by atoms with Crippen LogP contribution < -0.4 is 5.43 Å². The summed E-state index contributed by atoms with van der Waals surface area (Å²) in [4.78, 5) is 35.5. The van der Waals surface area contributed by atoms with E-state index in [0.29, 0.717) is 16.5 Å². The fourth-order valence-electron chi connectivity index (χ4n) is 2.98. The van der Waals surface area contributed by atoms with Crippen LogP contribution in [0.2, 0.25) is 18.1 Å². The first kappa shape index (κ1) is 23.0. The average molecular weight is 519 g/mol. The Labute approximate surface area is 179 Å². The van der Waals surface area contributed by atoms with Crippen molar-refractivity contribution in [3.05, 3.63) is 43.5 Å². The fourth-order valence-corrected chi connectivity index (χ4v) is 4.36. The highest BCUT2D eigenvalue weighted by atomic mass is 127. The number of carbonyl (C=O) groups excluding carboxylic acids is 1. The van der Waals surface area contributed by atoms with Gasteiger partial charge in [-0.05, 0) is 72.6 Å². The minimum Gasteiger partial charge on any atom is -0.462 e. The number of aromatic nitrogens is 1. The van der Waals surface area contributed by atoms with Gasteiger partial charge in [-0.2, -0.15) is 0 Å². The summed E-state index contributed by atoms with van der Waals surface area (Å²) in [6.45, 7) is 10.1. The van der Waals surface area contributed by atoms with Gasteiger partial charge in [0.2, 0.25) is 5.43 Å². The second-order valence-corrected chi connectivity index (χ2v) is 13.8. The van der Waals surface area contributed by atoms with E-state index < -0.39 is 25.5 Å². The Balaban J connectivity index is 2.50. The predicted octanol–water partition coefficient (Wildman–Crippen LogP) is 4.68. The van der Waals surface area contributed by atoms with Crippen molar-refractivity contribution in [2.24, 2.45) is 0 Å². The van der Waals surface area contributed by atoms with Crippen LogP contribution in [0.3, 0.4) is 0 Å². The highest BCUT2D eigenvalue weighted by Crippen LogP contribution is 2.40. The number of rotatable bonds is 7. The molecule has 1 N–H and O–H groups in total. The van der Waals surface area contributed by atoms with Crippen molar-refractivity contribution in [3.8, 4) is 0 Å². The number of benzene rings is 1. The largest absolute Gasteiger partial charge is 0.462 e. The lowest BCUT2D eigenvalue weighted by Crippen LogP contribution is -2.39. The van der Waals surface area contributed by atoms with Gasteiger partial charge in [0.15, 0.2) is 8.32 Å². The third-order valence-electron chi connectivity index (χ3n) is 5.44. The van der Waals surface area contributed by atoms with E-state index in [2.05, 4.69) is 0 Å². The molecule has 2 aromatic rings. The third-order valence-corrected chi connectivity index (χ3v) is 9.63. The molecule has 1 aromatic carbocycles. The van der Waals surface area contributed by atoms with E-state index in [4.69, 9.17) is 4.74 Å². The number of nitrogens with zero attached hydrogens (tertiary/aromatic N) is 1. The quantitative estimate of drug-likeness (QED) is 0.328. The Morgan fingerprint density at radius 2 is 2.00 bits per heavy atom. The lowest BCUT2D eigenvalue weighted by molar-refractivity contribution is 0.0524. The number of fused-ring (bicyclic) bond motifs is 1. The van der Waals surface area contributed by atoms with Gasteiger partial charge in [-0.1, -0.05) is 13.8 Å². The van der Waals surface area contributed by atoms with E-state index in [1.54, 1.807) is 17.6 Å². The average Bonchev–Trinajstić information content (AvgIpc) is 2.55. The van der Waals surface area contributed by atoms with Gasteiger partial charge in [0, 0.05) is 16.3 Å². The number of hydrogen-bond acceptors (Lipinski definition) is 4. The summed E-state index contributed by atoms with van der Waals surface area (Å²) in [5, 5.41) is -0.0363. The maximum Gasteiger partial charge on any atom is 0.343 e. The maximum atomic E-state index is 14.7. The summed E-state index contributed by atoms with van der Waals surface area (Å²) in [7, 11) is -2.35. The molecule has 0 saturated heterocycles. The van der Waals surface area contributed by atoms with E-state index >= 15 is 0 Å². The normalized spacial score (nSPS) is 12.4. The van der Waals surface area contributed by atoms with Crippen molar-refractivity contribution in [2.45, 2.75) is 58.3 Å². The van der Waals surface area contributed by atoms with Crippen LogP contribution in [0.4, 0.5) is 4.39 Å². The smallest absolute Gasteiger partial charge is 0.343 e. The van der Waals surface area contributed by atoms with Crippen LogP contribution in [0.25, 0.3) is 10.9 Å². The molecule has 28 heavy (non-hydrogen) atoms. The Morgan fingerprint density at radius 1 is 1.36 bits per heavy atom. The molecule has 0 spiro atoms. The molecule has 0 aliphatic rings. The number of pyridine rings is 1. The second kappa shape index (κ2) is 8.62. The van der Waals surface area contributed by atoms with Crippen molar-refractivity contribution in [2.75, 3.05) is 6.61 Å². The monoisotopic (exact) mass is 519 g/mol. The molecule has 0 fully saturated rings. The lowest BCUT2D eigenvalue weighted by Gasteiger charge is -2.35. The molecule has 2 rings (SSSR count). The Kier molecular flexibility index (Phi) is 7.09. The first-order valence-electron chi connectivity index (χ1n) is 9.30. The number of aryl methyl sites for hydroxylation is 1. The molecule has 0 atom stereocenters. The number of carbonyl (C=O) groups is 1. The molecule has 0 radical (unpaired) electrons. The summed E-state index contributed by atoms with van der Waals surface area (Å²) in [6.07, 6.45) is 2.82. The molecule has 5 nitrogen and oxygen atoms in total. The number of hydrogen-bond donors (Lipinski definition) is 1. The molecule has 0 bridgehead atoms. The SMILES string of the molecule is CCOC(=O)c1cn(CCCC(C)(C)[Si](C)(C)O)c2c(F)cc(I)cc2c1=O. The Hall–Kier alpha value is -1.26. The van der Waals surface area contributed by atoms with Crippen molar-refractivity contribution in [3.63, 3.8) is 0 Å². The molecule has 0 saturated carbocycles. The summed E-state index contributed by atoms with van der Waals surface area (Å²) in [6, 6.07) is 2.96. The topological polar surface area (TPSA) is 68.5 Å². The first-order valence-corrected chi connectivity index (χ1v) is 13.3. The maximum absolute atomic E-state index is 14.7.